The Morgan fingerprint density at radius 3 is 2.82 bits per heavy atom. The molecule has 0 atom stereocenters. The zero-order valence-corrected chi connectivity index (χ0v) is 11.4. The predicted octanol–water partition coefficient (Wildman–Crippen LogP) is 2.62. The molecule has 0 aliphatic carbocycles. The Hall–Kier alpha value is -0.830. The molecule has 0 spiro atoms. The first-order chi connectivity index (χ1) is 8.03. The van der Waals surface area contributed by atoms with E-state index in [9.17, 15) is 4.79 Å². The van der Waals surface area contributed by atoms with Gasteiger partial charge in [0.15, 0.2) is 0 Å². The van der Waals surface area contributed by atoms with E-state index in [0.717, 1.165) is 19.6 Å². The van der Waals surface area contributed by atoms with Crippen molar-refractivity contribution in [1.29, 1.82) is 0 Å². The summed E-state index contributed by atoms with van der Waals surface area (Å²) in [5, 5.41) is 0. The highest BCUT2D eigenvalue weighted by Crippen LogP contribution is 2.29. The molecule has 1 aliphatic heterocycles. The maximum absolute atomic E-state index is 11.1. The Bertz CT molecular complexity index is 271. The van der Waals surface area contributed by atoms with Gasteiger partial charge < -0.3 is 4.74 Å². The third-order valence-electron chi connectivity index (χ3n) is 3.34. The van der Waals surface area contributed by atoms with Gasteiger partial charge in [-0.05, 0) is 44.7 Å². The highest BCUT2D eigenvalue weighted by Gasteiger charge is 2.22. The van der Waals surface area contributed by atoms with Gasteiger partial charge in [-0.3, -0.25) is 4.90 Å². The molecule has 0 saturated carbocycles. The molecule has 1 aliphatic rings. The second-order valence-electron chi connectivity index (χ2n) is 5.47. The van der Waals surface area contributed by atoms with Crippen molar-refractivity contribution >= 4 is 5.97 Å². The number of hydrogen-bond donors (Lipinski definition) is 0. The summed E-state index contributed by atoms with van der Waals surface area (Å²) in [4.78, 5) is 13.5. The van der Waals surface area contributed by atoms with Gasteiger partial charge >= 0.3 is 5.97 Å². The molecular formula is C14H25NO2. The van der Waals surface area contributed by atoms with Gasteiger partial charge in [-0.15, -0.1) is 0 Å². The van der Waals surface area contributed by atoms with Crippen molar-refractivity contribution in [3.05, 3.63) is 12.2 Å². The number of hydrogen-bond acceptors (Lipinski definition) is 3. The number of carbonyl (C=O) groups is 1. The molecule has 0 bridgehead atoms. The third-order valence-corrected chi connectivity index (χ3v) is 3.34. The largest absolute Gasteiger partial charge is 0.463 e. The maximum atomic E-state index is 11.1. The summed E-state index contributed by atoms with van der Waals surface area (Å²) in [6.45, 7) is 10.1. The fourth-order valence-corrected chi connectivity index (χ4v) is 2.15. The lowest BCUT2D eigenvalue weighted by Crippen LogP contribution is -2.25. The second kappa shape index (κ2) is 6.80. The number of rotatable bonds is 4. The zero-order chi connectivity index (χ0) is 12.7. The Morgan fingerprint density at radius 1 is 1.35 bits per heavy atom. The van der Waals surface area contributed by atoms with Gasteiger partial charge in [-0.2, -0.15) is 0 Å². The van der Waals surface area contributed by atoms with Crippen LogP contribution in [0.15, 0.2) is 12.2 Å². The second-order valence-corrected chi connectivity index (χ2v) is 5.47. The number of ether oxygens (including phenoxy) is 1. The zero-order valence-electron chi connectivity index (χ0n) is 11.4. The first-order valence-corrected chi connectivity index (χ1v) is 6.59. The van der Waals surface area contributed by atoms with Crippen molar-refractivity contribution in [2.45, 2.75) is 40.0 Å². The normalized spacial score (nSPS) is 21.4. The van der Waals surface area contributed by atoms with E-state index < -0.39 is 0 Å². The molecule has 0 unspecified atom stereocenters. The molecule has 17 heavy (non-hydrogen) atoms. The molecule has 1 rings (SSSR count). The number of carbonyl (C=O) groups excluding carboxylic acids is 1. The summed E-state index contributed by atoms with van der Waals surface area (Å²) < 4.78 is 4.84. The van der Waals surface area contributed by atoms with Crippen molar-refractivity contribution in [3.63, 3.8) is 0 Å². The molecule has 0 aromatic rings. The molecule has 1 saturated heterocycles. The van der Waals surface area contributed by atoms with Crippen molar-refractivity contribution in [2.75, 3.05) is 26.2 Å². The number of nitrogens with zero attached hydrogens (tertiary/aromatic N) is 1. The van der Waals surface area contributed by atoms with E-state index in [1.807, 2.05) is 13.0 Å². The fraction of sp³-hybridized carbons (Fsp3) is 0.786. The molecule has 0 N–H and O–H groups in total. The first kappa shape index (κ1) is 14.2. The highest BCUT2D eigenvalue weighted by molar-refractivity contribution is 5.81. The molecule has 0 amide bonds. The quantitative estimate of drug-likeness (QED) is 0.558. The van der Waals surface area contributed by atoms with E-state index in [-0.39, 0.29) is 5.97 Å². The smallest absolute Gasteiger partial charge is 0.330 e. The average molecular weight is 239 g/mol. The van der Waals surface area contributed by atoms with Gasteiger partial charge in [-0.1, -0.05) is 19.9 Å². The standard InChI is InChI=1S/C14H25NO2/c1-4-17-13(16)7-5-10-15-11-6-8-14(2,3)9-12-15/h5,7H,4,6,8-12H2,1-3H3/b7-5+. The summed E-state index contributed by atoms with van der Waals surface area (Å²) >= 11 is 0. The molecule has 0 aromatic carbocycles. The fourth-order valence-electron chi connectivity index (χ4n) is 2.15. The van der Waals surface area contributed by atoms with Crippen molar-refractivity contribution < 1.29 is 9.53 Å². The Kier molecular flexibility index (Phi) is 5.69. The lowest BCUT2D eigenvalue weighted by Gasteiger charge is -2.22. The van der Waals surface area contributed by atoms with E-state index in [2.05, 4.69) is 18.7 Å². The molecule has 0 aromatic heterocycles. The minimum absolute atomic E-state index is 0.234. The first-order valence-electron chi connectivity index (χ1n) is 6.59. The summed E-state index contributed by atoms with van der Waals surface area (Å²) in [6.07, 6.45) is 7.24. The van der Waals surface area contributed by atoms with Crippen LogP contribution in [0.3, 0.4) is 0 Å². The van der Waals surface area contributed by atoms with Crippen LogP contribution in [0.2, 0.25) is 0 Å². The van der Waals surface area contributed by atoms with Gasteiger partial charge in [0.05, 0.1) is 6.61 Å². The van der Waals surface area contributed by atoms with Crippen LogP contribution >= 0.6 is 0 Å². The summed E-state index contributed by atoms with van der Waals surface area (Å²) in [5.74, 6) is -0.234. The van der Waals surface area contributed by atoms with Crippen LogP contribution in [-0.2, 0) is 9.53 Å². The van der Waals surface area contributed by atoms with E-state index in [0.29, 0.717) is 12.0 Å². The van der Waals surface area contributed by atoms with Crippen molar-refractivity contribution in [2.24, 2.45) is 5.41 Å². The minimum Gasteiger partial charge on any atom is -0.463 e. The van der Waals surface area contributed by atoms with Crippen LogP contribution in [0, 0.1) is 5.41 Å². The molecule has 3 heteroatoms. The number of likely N-dealkylation sites (tertiary alicyclic amines) is 1. The van der Waals surface area contributed by atoms with Crippen LogP contribution in [0.25, 0.3) is 0 Å². The van der Waals surface area contributed by atoms with Gasteiger partial charge in [0, 0.05) is 12.6 Å². The van der Waals surface area contributed by atoms with Crippen LogP contribution in [-0.4, -0.2) is 37.1 Å². The van der Waals surface area contributed by atoms with Gasteiger partial charge in [-0.25, -0.2) is 4.79 Å². The molecule has 3 nitrogen and oxygen atoms in total. The van der Waals surface area contributed by atoms with Crippen LogP contribution in [0.1, 0.15) is 40.0 Å². The predicted molar refractivity (Wildman–Crippen MR) is 69.8 cm³/mol. The maximum Gasteiger partial charge on any atom is 0.330 e. The Morgan fingerprint density at radius 2 is 2.12 bits per heavy atom. The Labute approximate surface area is 105 Å². The lowest BCUT2D eigenvalue weighted by molar-refractivity contribution is -0.137. The van der Waals surface area contributed by atoms with Crippen LogP contribution < -0.4 is 0 Å². The topological polar surface area (TPSA) is 29.5 Å². The Balaban J connectivity index is 2.30. The molecular weight excluding hydrogens is 214 g/mol. The van der Waals surface area contributed by atoms with Crippen molar-refractivity contribution in [1.82, 2.24) is 4.90 Å². The third kappa shape index (κ3) is 5.87. The van der Waals surface area contributed by atoms with E-state index in [1.165, 1.54) is 19.3 Å². The monoisotopic (exact) mass is 239 g/mol. The molecule has 0 radical (unpaired) electrons. The minimum atomic E-state index is -0.234. The number of esters is 1. The average Bonchev–Trinajstić information content (AvgIpc) is 2.41. The van der Waals surface area contributed by atoms with Crippen LogP contribution in [0.4, 0.5) is 0 Å². The summed E-state index contributed by atoms with van der Waals surface area (Å²) in [6, 6.07) is 0. The van der Waals surface area contributed by atoms with Crippen molar-refractivity contribution in [3.8, 4) is 0 Å². The SMILES string of the molecule is CCOC(=O)/C=C/CN1CCCC(C)(C)CC1. The van der Waals surface area contributed by atoms with Crippen LogP contribution in [0.5, 0.6) is 0 Å². The van der Waals surface area contributed by atoms with Gasteiger partial charge in [0.25, 0.3) is 0 Å². The molecule has 1 fully saturated rings. The molecule has 98 valence electrons. The van der Waals surface area contributed by atoms with Gasteiger partial charge in [0.1, 0.15) is 0 Å². The summed E-state index contributed by atoms with van der Waals surface area (Å²) in [5.41, 5.74) is 0.472. The van der Waals surface area contributed by atoms with E-state index >= 15 is 0 Å². The van der Waals surface area contributed by atoms with Gasteiger partial charge in [0.2, 0.25) is 0 Å². The molecule has 1 heterocycles. The highest BCUT2D eigenvalue weighted by atomic mass is 16.5. The summed E-state index contributed by atoms with van der Waals surface area (Å²) in [7, 11) is 0. The van der Waals surface area contributed by atoms with E-state index in [1.54, 1.807) is 6.08 Å². The van der Waals surface area contributed by atoms with E-state index in [4.69, 9.17) is 4.74 Å². The lowest BCUT2D eigenvalue weighted by atomic mass is 9.85.